The van der Waals surface area contributed by atoms with E-state index in [1.54, 1.807) is 11.9 Å². The van der Waals surface area contributed by atoms with Crippen LogP contribution in [0.3, 0.4) is 0 Å². The third kappa shape index (κ3) is 4.54. The second-order valence-electron chi connectivity index (χ2n) is 5.48. The average Bonchev–Trinajstić information content (AvgIpc) is 2.55. The van der Waals surface area contributed by atoms with Gasteiger partial charge < -0.3 is 20.3 Å². The van der Waals surface area contributed by atoms with Crippen LogP contribution < -0.4 is 5.73 Å². The van der Waals surface area contributed by atoms with E-state index in [1.165, 1.54) is 4.90 Å². The van der Waals surface area contributed by atoms with E-state index in [0.717, 1.165) is 5.56 Å². The van der Waals surface area contributed by atoms with Gasteiger partial charge in [0.25, 0.3) is 0 Å². The first-order valence-electron chi connectivity index (χ1n) is 7.48. The number of likely N-dealkylation sites (N-methyl/N-ethyl adjacent to an activating group) is 1. The lowest BCUT2D eigenvalue weighted by Crippen LogP contribution is -2.49. The molecular weight excluding hydrogens is 282 g/mol. The highest BCUT2D eigenvalue weighted by molar-refractivity contribution is 5.87. The number of carbonyl (C=O) groups excluding carboxylic acids is 2. The summed E-state index contributed by atoms with van der Waals surface area (Å²) in [6.07, 6.45) is 0.468. The van der Waals surface area contributed by atoms with Crippen molar-refractivity contribution >= 4 is 11.8 Å². The second-order valence-corrected chi connectivity index (χ2v) is 5.48. The zero-order chi connectivity index (χ0) is 15.9. The van der Waals surface area contributed by atoms with E-state index in [2.05, 4.69) is 0 Å². The van der Waals surface area contributed by atoms with Crippen LogP contribution in [0, 0.1) is 0 Å². The van der Waals surface area contributed by atoms with Crippen molar-refractivity contribution in [3.63, 3.8) is 0 Å². The van der Waals surface area contributed by atoms with E-state index in [4.69, 9.17) is 10.5 Å². The van der Waals surface area contributed by atoms with Crippen LogP contribution in [0.5, 0.6) is 0 Å². The molecule has 1 aromatic carbocycles. The molecule has 0 bridgehead atoms. The Morgan fingerprint density at radius 1 is 1.27 bits per heavy atom. The summed E-state index contributed by atoms with van der Waals surface area (Å²) in [5.74, 6) is -0.281. The minimum absolute atomic E-state index is 0.0569. The summed E-state index contributed by atoms with van der Waals surface area (Å²) < 4.78 is 5.21. The molecule has 2 N–H and O–H groups in total. The van der Waals surface area contributed by atoms with Crippen LogP contribution in [0.25, 0.3) is 0 Å². The monoisotopic (exact) mass is 305 g/mol. The molecular formula is C16H23N3O3. The van der Waals surface area contributed by atoms with Crippen molar-refractivity contribution in [1.82, 2.24) is 9.80 Å². The van der Waals surface area contributed by atoms with E-state index in [-0.39, 0.29) is 18.4 Å². The molecule has 0 aliphatic carbocycles. The van der Waals surface area contributed by atoms with E-state index >= 15 is 0 Å². The Morgan fingerprint density at radius 2 is 1.91 bits per heavy atom. The quantitative estimate of drug-likeness (QED) is 0.822. The van der Waals surface area contributed by atoms with Crippen LogP contribution in [0.1, 0.15) is 5.56 Å². The maximum Gasteiger partial charge on any atom is 0.242 e. The molecule has 0 saturated carbocycles. The fourth-order valence-corrected chi connectivity index (χ4v) is 2.43. The van der Waals surface area contributed by atoms with Crippen LogP contribution in [-0.2, 0) is 20.7 Å². The summed E-state index contributed by atoms with van der Waals surface area (Å²) >= 11 is 0. The zero-order valence-electron chi connectivity index (χ0n) is 12.9. The molecule has 2 amide bonds. The standard InChI is InChI=1S/C16H23N3O3/c1-18(12-15(20)19-7-9-22-10-8-19)16(21)14(17)11-13-5-3-2-4-6-13/h2-6,14H,7-12,17H2,1H3/t14-/m0/s1. The van der Waals surface area contributed by atoms with Gasteiger partial charge in [-0.25, -0.2) is 0 Å². The number of rotatable bonds is 5. The minimum atomic E-state index is -0.634. The van der Waals surface area contributed by atoms with Crippen LogP contribution >= 0.6 is 0 Å². The minimum Gasteiger partial charge on any atom is -0.378 e. The molecule has 1 aliphatic rings. The van der Waals surface area contributed by atoms with Crippen molar-refractivity contribution in [3.8, 4) is 0 Å². The summed E-state index contributed by atoms with van der Waals surface area (Å²) in [6.45, 7) is 2.32. The number of nitrogens with zero attached hydrogens (tertiary/aromatic N) is 2. The summed E-state index contributed by atoms with van der Waals surface area (Å²) in [5, 5.41) is 0. The van der Waals surface area contributed by atoms with Crippen molar-refractivity contribution in [3.05, 3.63) is 35.9 Å². The Hall–Kier alpha value is -1.92. The molecule has 1 fully saturated rings. The molecule has 1 atom stereocenters. The van der Waals surface area contributed by atoms with E-state index in [1.807, 2.05) is 30.3 Å². The first kappa shape index (κ1) is 16.5. The Kier molecular flexibility index (Phi) is 5.91. The number of amides is 2. The fourth-order valence-electron chi connectivity index (χ4n) is 2.43. The van der Waals surface area contributed by atoms with Crippen LogP contribution in [0.4, 0.5) is 0 Å². The number of nitrogens with two attached hydrogens (primary N) is 1. The van der Waals surface area contributed by atoms with Gasteiger partial charge in [0.2, 0.25) is 11.8 Å². The van der Waals surface area contributed by atoms with Gasteiger partial charge in [-0.15, -0.1) is 0 Å². The van der Waals surface area contributed by atoms with E-state index < -0.39 is 6.04 Å². The third-order valence-electron chi connectivity index (χ3n) is 3.73. The summed E-state index contributed by atoms with van der Waals surface area (Å²) in [5.41, 5.74) is 6.98. The summed E-state index contributed by atoms with van der Waals surface area (Å²) in [6, 6.07) is 8.99. The molecule has 2 rings (SSSR count). The van der Waals surface area contributed by atoms with Crippen LogP contribution in [-0.4, -0.2) is 67.6 Å². The van der Waals surface area contributed by atoms with Crippen molar-refractivity contribution in [2.45, 2.75) is 12.5 Å². The highest BCUT2D eigenvalue weighted by Gasteiger charge is 2.23. The molecule has 120 valence electrons. The molecule has 0 spiro atoms. The number of morpholine rings is 1. The lowest BCUT2D eigenvalue weighted by atomic mass is 10.1. The van der Waals surface area contributed by atoms with Gasteiger partial charge in [-0.05, 0) is 12.0 Å². The maximum atomic E-state index is 12.3. The van der Waals surface area contributed by atoms with Crippen molar-refractivity contribution in [2.24, 2.45) is 5.73 Å². The molecule has 6 nitrogen and oxygen atoms in total. The Balaban J connectivity index is 1.84. The Bertz CT molecular complexity index is 501. The fraction of sp³-hybridized carbons (Fsp3) is 0.500. The van der Waals surface area contributed by atoms with E-state index in [0.29, 0.717) is 32.7 Å². The lowest BCUT2D eigenvalue weighted by molar-refractivity contribution is -0.142. The number of hydrogen-bond donors (Lipinski definition) is 1. The van der Waals surface area contributed by atoms with Gasteiger partial charge in [-0.2, -0.15) is 0 Å². The Labute approximate surface area is 130 Å². The molecule has 6 heteroatoms. The maximum absolute atomic E-state index is 12.3. The van der Waals surface area contributed by atoms with Gasteiger partial charge in [-0.3, -0.25) is 9.59 Å². The van der Waals surface area contributed by atoms with E-state index in [9.17, 15) is 9.59 Å². The van der Waals surface area contributed by atoms with Gasteiger partial charge in [0.05, 0.1) is 25.8 Å². The number of ether oxygens (including phenoxy) is 1. The molecule has 0 aromatic heterocycles. The van der Waals surface area contributed by atoms with Crippen molar-refractivity contribution in [1.29, 1.82) is 0 Å². The van der Waals surface area contributed by atoms with Crippen LogP contribution in [0.15, 0.2) is 30.3 Å². The zero-order valence-corrected chi connectivity index (χ0v) is 12.9. The summed E-state index contributed by atoms with van der Waals surface area (Å²) in [4.78, 5) is 27.5. The second kappa shape index (κ2) is 7.91. The number of carbonyl (C=O) groups is 2. The normalized spacial score (nSPS) is 16.2. The number of benzene rings is 1. The van der Waals surface area contributed by atoms with Gasteiger partial charge in [0, 0.05) is 20.1 Å². The predicted octanol–water partition coefficient (Wildman–Crippen LogP) is -0.126. The molecule has 1 heterocycles. The highest BCUT2D eigenvalue weighted by Crippen LogP contribution is 2.05. The average molecular weight is 305 g/mol. The molecule has 1 saturated heterocycles. The predicted molar refractivity (Wildman–Crippen MR) is 83.2 cm³/mol. The third-order valence-corrected chi connectivity index (χ3v) is 3.73. The van der Waals surface area contributed by atoms with Gasteiger partial charge in [-0.1, -0.05) is 30.3 Å². The van der Waals surface area contributed by atoms with Gasteiger partial charge >= 0.3 is 0 Å². The topological polar surface area (TPSA) is 75.9 Å². The van der Waals surface area contributed by atoms with Gasteiger partial charge in [0.15, 0.2) is 0 Å². The van der Waals surface area contributed by atoms with Crippen molar-refractivity contribution in [2.75, 3.05) is 39.9 Å². The van der Waals surface area contributed by atoms with Crippen molar-refractivity contribution < 1.29 is 14.3 Å². The Morgan fingerprint density at radius 3 is 2.55 bits per heavy atom. The first-order valence-corrected chi connectivity index (χ1v) is 7.48. The molecule has 1 aromatic rings. The SMILES string of the molecule is CN(CC(=O)N1CCOCC1)C(=O)[C@@H](N)Cc1ccccc1. The molecule has 1 aliphatic heterocycles. The first-order chi connectivity index (χ1) is 10.6. The highest BCUT2D eigenvalue weighted by atomic mass is 16.5. The lowest BCUT2D eigenvalue weighted by Gasteiger charge is -2.29. The molecule has 0 radical (unpaired) electrons. The largest absolute Gasteiger partial charge is 0.378 e. The molecule has 0 unspecified atom stereocenters. The summed E-state index contributed by atoms with van der Waals surface area (Å²) in [7, 11) is 1.62. The van der Waals surface area contributed by atoms with Crippen LogP contribution in [0.2, 0.25) is 0 Å². The smallest absolute Gasteiger partial charge is 0.242 e. The molecule has 22 heavy (non-hydrogen) atoms. The van der Waals surface area contributed by atoms with Gasteiger partial charge in [0.1, 0.15) is 0 Å². The number of hydrogen-bond acceptors (Lipinski definition) is 4.